The van der Waals surface area contributed by atoms with Crippen LogP contribution in [0.5, 0.6) is 0 Å². The fourth-order valence-electron chi connectivity index (χ4n) is 2.95. The zero-order valence-corrected chi connectivity index (χ0v) is 11.0. The SMILES string of the molecule is CCCC(N)C(CO)N1CCCC1C(C)C. The van der Waals surface area contributed by atoms with E-state index in [9.17, 15) is 5.11 Å². The first-order chi connectivity index (χ1) is 7.61. The van der Waals surface area contributed by atoms with E-state index in [-0.39, 0.29) is 18.7 Å². The van der Waals surface area contributed by atoms with E-state index >= 15 is 0 Å². The van der Waals surface area contributed by atoms with Crippen molar-refractivity contribution >= 4 is 0 Å². The first-order valence-electron chi connectivity index (χ1n) is 6.74. The number of nitrogens with zero attached hydrogens (tertiary/aromatic N) is 1. The molecule has 1 aliphatic rings. The van der Waals surface area contributed by atoms with E-state index in [0.29, 0.717) is 12.0 Å². The molecule has 96 valence electrons. The van der Waals surface area contributed by atoms with E-state index in [1.807, 2.05) is 0 Å². The lowest BCUT2D eigenvalue weighted by Gasteiger charge is -2.37. The fraction of sp³-hybridized carbons (Fsp3) is 1.00. The number of aliphatic hydroxyl groups excluding tert-OH is 1. The molecule has 0 radical (unpaired) electrons. The van der Waals surface area contributed by atoms with Crippen LogP contribution in [0.4, 0.5) is 0 Å². The Balaban J connectivity index is 2.63. The molecular formula is C13H28N2O. The van der Waals surface area contributed by atoms with Gasteiger partial charge in [0.05, 0.1) is 6.61 Å². The number of hydrogen-bond donors (Lipinski definition) is 2. The second-order valence-corrected chi connectivity index (χ2v) is 5.39. The van der Waals surface area contributed by atoms with Crippen molar-refractivity contribution in [2.45, 2.75) is 64.6 Å². The second-order valence-electron chi connectivity index (χ2n) is 5.39. The normalized spacial score (nSPS) is 26.2. The van der Waals surface area contributed by atoms with Crippen LogP contribution in [0, 0.1) is 5.92 Å². The number of nitrogens with two attached hydrogens (primary N) is 1. The zero-order valence-electron chi connectivity index (χ0n) is 11.0. The van der Waals surface area contributed by atoms with Gasteiger partial charge in [0.2, 0.25) is 0 Å². The van der Waals surface area contributed by atoms with Gasteiger partial charge < -0.3 is 10.8 Å². The predicted octanol–water partition coefficient (Wildman–Crippen LogP) is 1.60. The monoisotopic (exact) mass is 228 g/mol. The maximum Gasteiger partial charge on any atom is 0.0602 e. The van der Waals surface area contributed by atoms with Gasteiger partial charge >= 0.3 is 0 Å². The molecule has 3 unspecified atom stereocenters. The molecule has 0 aliphatic carbocycles. The third kappa shape index (κ3) is 3.19. The van der Waals surface area contributed by atoms with Crippen molar-refractivity contribution in [3.63, 3.8) is 0 Å². The molecule has 3 N–H and O–H groups in total. The topological polar surface area (TPSA) is 49.5 Å². The van der Waals surface area contributed by atoms with Crippen molar-refractivity contribution in [3.05, 3.63) is 0 Å². The van der Waals surface area contributed by atoms with Gasteiger partial charge in [-0.15, -0.1) is 0 Å². The standard InChI is InChI=1S/C13H28N2O/c1-4-6-11(14)13(9-16)15-8-5-7-12(15)10(2)3/h10-13,16H,4-9,14H2,1-3H3. The van der Waals surface area contributed by atoms with Crippen LogP contribution in [0.1, 0.15) is 46.5 Å². The summed E-state index contributed by atoms with van der Waals surface area (Å²) in [5.41, 5.74) is 6.18. The lowest BCUT2D eigenvalue weighted by Crippen LogP contribution is -2.52. The molecular weight excluding hydrogens is 200 g/mol. The zero-order chi connectivity index (χ0) is 12.1. The minimum absolute atomic E-state index is 0.120. The van der Waals surface area contributed by atoms with Gasteiger partial charge in [-0.2, -0.15) is 0 Å². The maximum atomic E-state index is 9.56. The molecule has 1 aliphatic heterocycles. The van der Waals surface area contributed by atoms with Crippen LogP contribution in [0.2, 0.25) is 0 Å². The molecule has 1 rings (SSSR count). The first-order valence-corrected chi connectivity index (χ1v) is 6.74. The van der Waals surface area contributed by atoms with Gasteiger partial charge in [-0.05, 0) is 31.7 Å². The summed E-state index contributed by atoms with van der Waals surface area (Å²) in [4.78, 5) is 2.45. The van der Waals surface area contributed by atoms with Gasteiger partial charge in [0.1, 0.15) is 0 Å². The molecule has 3 atom stereocenters. The lowest BCUT2D eigenvalue weighted by atomic mass is 9.97. The molecule has 3 nitrogen and oxygen atoms in total. The molecule has 0 aromatic rings. The Morgan fingerprint density at radius 2 is 2.12 bits per heavy atom. The molecule has 0 saturated carbocycles. The largest absolute Gasteiger partial charge is 0.395 e. The van der Waals surface area contributed by atoms with E-state index in [4.69, 9.17) is 5.73 Å². The summed E-state index contributed by atoms with van der Waals surface area (Å²) in [5.74, 6) is 0.658. The molecule has 1 fully saturated rings. The van der Waals surface area contributed by atoms with Crippen LogP contribution in [0.25, 0.3) is 0 Å². The molecule has 3 heteroatoms. The highest BCUT2D eigenvalue weighted by Crippen LogP contribution is 2.27. The lowest BCUT2D eigenvalue weighted by molar-refractivity contribution is 0.0746. The van der Waals surface area contributed by atoms with E-state index in [0.717, 1.165) is 19.4 Å². The average Bonchev–Trinajstić information content (AvgIpc) is 2.68. The van der Waals surface area contributed by atoms with Crippen molar-refractivity contribution in [2.24, 2.45) is 11.7 Å². The molecule has 0 aromatic heterocycles. The van der Waals surface area contributed by atoms with Crippen molar-refractivity contribution in [2.75, 3.05) is 13.2 Å². The fourth-order valence-corrected chi connectivity index (χ4v) is 2.95. The molecule has 0 aromatic carbocycles. The number of aliphatic hydroxyl groups is 1. The molecule has 0 bridgehead atoms. The summed E-state index contributed by atoms with van der Waals surface area (Å²) in [7, 11) is 0. The smallest absolute Gasteiger partial charge is 0.0602 e. The summed E-state index contributed by atoms with van der Waals surface area (Å²) in [5, 5.41) is 9.56. The van der Waals surface area contributed by atoms with Crippen molar-refractivity contribution in [1.29, 1.82) is 0 Å². The van der Waals surface area contributed by atoms with Crippen LogP contribution in [-0.2, 0) is 0 Å². The van der Waals surface area contributed by atoms with Crippen molar-refractivity contribution in [1.82, 2.24) is 4.90 Å². The summed E-state index contributed by atoms with van der Waals surface area (Å²) < 4.78 is 0. The maximum absolute atomic E-state index is 9.56. The average molecular weight is 228 g/mol. The Bertz CT molecular complexity index is 196. The van der Waals surface area contributed by atoms with Gasteiger partial charge in [-0.3, -0.25) is 4.90 Å². The number of hydrogen-bond acceptors (Lipinski definition) is 3. The van der Waals surface area contributed by atoms with Crippen molar-refractivity contribution < 1.29 is 5.11 Å². The van der Waals surface area contributed by atoms with Crippen LogP contribution >= 0.6 is 0 Å². The third-order valence-corrected chi connectivity index (χ3v) is 3.84. The summed E-state index contributed by atoms with van der Waals surface area (Å²) in [6.45, 7) is 7.99. The highest BCUT2D eigenvalue weighted by atomic mass is 16.3. The summed E-state index contributed by atoms with van der Waals surface area (Å²) in [6.07, 6.45) is 4.61. The van der Waals surface area contributed by atoms with Crippen LogP contribution in [0.15, 0.2) is 0 Å². The molecule has 0 amide bonds. The Morgan fingerprint density at radius 3 is 2.62 bits per heavy atom. The number of likely N-dealkylation sites (tertiary alicyclic amines) is 1. The number of rotatable bonds is 6. The summed E-state index contributed by atoms with van der Waals surface area (Å²) in [6, 6.07) is 0.893. The Labute approximate surface area is 100 Å². The van der Waals surface area contributed by atoms with Gasteiger partial charge in [-0.1, -0.05) is 27.2 Å². The quantitative estimate of drug-likeness (QED) is 0.726. The first kappa shape index (κ1) is 13.9. The Kier molecular flexibility index (Phi) is 5.73. The van der Waals surface area contributed by atoms with Gasteiger partial charge in [0.25, 0.3) is 0 Å². The van der Waals surface area contributed by atoms with Crippen LogP contribution in [0.3, 0.4) is 0 Å². The van der Waals surface area contributed by atoms with Crippen LogP contribution in [-0.4, -0.2) is 41.3 Å². The van der Waals surface area contributed by atoms with Crippen molar-refractivity contribution in [3.8, 4) is 0 Å². The van der Waals surface area contributed by atoms with Gasteiger partial charge in [0.15, 0.2) is 0 Å². The van der Waals surface area contributed by atoms with E-state index in [1.165, 1.54) is 12.8 Å². The second kappa shape index (κ2) is 6.58. The molecule has 16 heavy (non-hydrogen) atoms. The minimum atomic E-state index is 0.120. The van der Waals surface area contributed by atoms with E-state index < -0.39 is 0 Å². The summed E-state index contributed by atoms with van der Waals surface area (Å²) >= 11 is 0. The molecule has 0 spiro atoms. The Morgan fingerprint density at radius 1 is 1.44 bits per heavy atom. The highest BCUT2D eigenvalue weighted by Gasteiger charge is 2.34. The van der Waals surface area contributed by atoms with Gasteiger partial charge in [0, 0.05) is 18.1 Å². The predicted molar refractivity (Wildman–Crippen MR) is 68.3 cm³/mol. The third-order valence-electron chi connectivity index (χ3n) is 3.84. The minimum Gasteiger partial charge on any atom is -0.395 e. The van der Waals surface area contributed by atoms with Gasteiger partial charge in [-0.25, -0.2) is 0 Å². The molecule has 1 heterocycles. The highest BCUT2D eigenvalue weighted by molar-refractivity contribution is 4.90. The van der Waals surface area contributed by atoms with E-state index in [1.54, 1.807) is 0 Å². The molecule has 1 saturated heterocycles. The van der Waals surface area contributed by atoms with E-state index in [2.05, 4.69) is 25.7 Å². The Hall–Kier alpha value is -0.120. The van der Waals surface area contributed by atoms with Crippen LogP contribution < -0.4 is 5.73 Å².